The van der Waals surface area contributed by atoms with E-state index in [0.717, 1.165) is 0 Å². The van der Waals surface area contributed by atoms with Crippen molar-refractivity contribution in [1.29, 1.82) is 0 Å². The fraction of sp³-hybridized carbons (Fsp3) is 0.333. The fourth-order valence-electron chi connectivity index (χ4n) is 0.455. The van der Waals surface area contributed by atoms with Crippen molar-refractivity contribution in [3.63, 3.8) is 0 Å². The van der Waals surface area contributed by atoms with Crippen molar-refractivity contribution in [2.45, 2.75) is 6.92 Å². The van der Waals surface area contributed by atoms with E-state index >= 15 is 0 Å². The molecule has 0 saturated carbocycles. The Bertz CT molecular complexity index is 228. The van der Waals surface area contributed by atoms with Gasteiger partial charge in [-0.1, -0.05) is 12.2 Å². The number of ether oxygens (including phenoxy) is 1. The molecule has 0 aromatic heterocycles. The van der Waals surface area contributed by atoms with Crippen LogP contribution in [0.4, 0.5) is 0 Å². The predicted octanol–water partition coefficient (Wildman–Crippen LogP) is 0.356. The topological polar surface area (TPSA) is 65.6 Å². The van der Waals surface area contributed by atoms with Crippen LogP contribution in [0.1, 0.15) is 6.92 Å². The van der Waals surface area contributed by atoms with Crippen molar-refractivity contribution in [3.05, 3.63) is 23.0 Å². The summed E-state index contributed by atoms with van der Waals surface area (Å²) in [4.78, 5) is 2.98. The average molecular weight is 171 g/mol. The van der Waals surface area contributed by atoms with Crippen LogP contribution in [-0.4, -0.2) is 11.6 Å². The molecule has 0 aromatic carbocycles. The molecule has 0 aliphatic carbocycles. The molecule has 0 amide bonds. The largest absolute Gasteiger partial charge is 0.488 e. The summed E-state index contributed by atoms with van der Waals surface area (Å²) in [5.41, 5.74) is 10.5. The third kappa shape index (κ3) is 2.87. The van der Waals surface area contributed by atoms with Gasteiger partial charge in [0.25, 0.3) is 5.70 Å². The lowest BCUT2D eigenvalue weighted by Gasteiger charge is -2.03. The summed E-state index contributed by atoms with van der Waals surface area (Å²) in [6.45, 7) is 8.79. The van der Waals surface area contributed by atoms with Crippen LogP contribution < -0.4 is 11.5 Å². The summed E-state index contributed by atoms with van der Waals surface area (Å²) < 4.78 is 4.83. The van der Waals surface area contributed by atoms with Crippen molar-refractivity contribution in [3.8, 4) is 0 Å². The van der Waals surface area contributed by atoms with Gasteiger partial charge in [0, 0.05) is 0 Å². The summed E-state index contributed by atoms with van der Waals surface area (Å²) in [6, 6.07) is 0. The standard InChI is InChI=1S/C6H9N3OS/c1-3-10-5(7)4(9-2)6(8)11/h3,7H2,1H3,(H2,8,11)/b5-4-. The molecule has 0 heterocycles. The summed E-state index contributed by atoms with van der Waals surface area (Å²) >= 11 is 4.55. The van der Waals surface area contributed by atoms with Gasteiger partial charge in [0.05, 0.1) is 13.2 Å². The van der Waals surface area contributed by atoms with Crippen molar-refractivity contribution in [2.24, 2.45) is 11.5 Å². The van der Waals surface area contributed by atoms with Gasteiger partial charge in [-0.25, -0.2) is 4.85 Å². The number of nitrogens with zero attached hydrogens (tertiary/aromatic N) is 1. The van der Waals surface area contributed by atoms with Crippen molar-refractivity contribution in [1.82, 2.24) is 0 Å². The zero-order chi connectivity index (χ0) is 8.85. The molecular formula is C6H9N3OS. The summed E-state index contributed by atoms with van der Waals surface area (Å²) in [5.74, 6) is -0.00463. The quantitative estimate of drug-likeness (QED) is 0.278. The molecule has 0 saturated heterocycles. The highest BCUT2D eigenvalue weighted by Gasteiger charge is 2.06. The molecular weight excluding hydrogens is 162 g/mol. The van der Waals surface area contributed by atoms with Crippen LogP contribution in [0.5, 0.6) is 0 Å². The van der Waals surface area contributed by atoms with E-state index in [0.29, 0.717) is 6.61 Å². The van der Waals surface area contributed by atoms with Gasteiger partial charge in [-0.05, 0) is 6.92 Å². The molecule has 0 aliphatic rings. The van der Waals surface area contributed by atoms with Gasteiger partial charge in [0.2, 0.25) is 0 Å². The lowest BCUT2D eigenvalue weighted by atomic mass is 10.4. The van der Waals surface area contributed by atoms with Crippen LogP contribution >= 0.6 is 12.2 Å². The van der Waals surface area contributed by atoms with E-state index in [4.69, 9.17) is 22.8 Å². The van der Waals surface area contributed by atoms with E-state index in [1.54, 1.807) is 6.92 Å². The zero-order valence-electron chi connectivity index (χ0n) is 6.13. The molecule has 0 atom stereocenters. The number of rotatable bonds is 3. The third-order valence-corrected chi connectivity index (χ3v) is 1.07. The van der Waals surface area contributed by atoms with Gasteiger partial charge < -0.3 is 16.2 Å². The monoisotopic (exact) mass is 171 g/mol. The second-order valence-electron chi connectivity index (χ2n) is 1.62. The first-order valence-corrected chi connectivity index (χ1v) is 3.34. The number of nitrogens with two attached hydrogens (primary N) is 2. The van der Waals surface area contributed by atoms with Gasteiger partial charge in [-0.15, -0.1) is 0 Å². The molecule has 0 aliphatic heterocycles. The fourth-order valence-corrected chi connectivity index (χ4v) is 0.602. The van der Waals surface area contributed by atoms with Crippen LogP contribution in [0.15, 0.2) is 11.6 Å². The second kappa shape index (κ2) is 4.52. The molecule has 0 rings (SSSR count). The van der Waals surface area contributed by atoms with Crippen molar-refractivity contribution in [2.75, 3.05) is 6.61 Å². The minimum atomic E-state index is -0.0362. The van der Waals surface area contributed by atoms with Gasteiger partial charge in [0.1, 0.15) is 4.99 Å². The molecule has 11 heavy (non-hydrogen) atoms. The Morgan fingerprint density at radius 1 is 1.64 bits per heavy atom. The Labute approximate surface area is 70.6 Å². The molecule has 0 radical (unpaired) electrons. The maximum Gasteiger partial charge on any atom is 0.277 e. The van der Waals surface area contributed by atoms with E-state index in [1.165, 1.54) is 0 Å². The number of hydrogen-bond acceptors (Lipinski definition) is 3. The highest BCUT2D eigenvalue weighted by atomic mass is 32.1. The Morgan fingerprint density at radius 3 is 2.45 bits per heavy atom. The normalized spacial score (nSPS) is 11.3. The summed E-state index contributed by atoms with van der Waals surface area (Å²) in [5, 5.41) is 0. The Kier molecular flexibility index (Phi) is 4.00. The SMILES string of the molecule is [C-]#[N+]/C(C(N)=S)=C(/N)OCC. The molecule has 0 bridgehead atoms. The molecule has 4 nitrogen and oxygen atoms in total. The average Bonchev–Trinajstić information content (AvgIpc) is 1.88. The van der Waals surface area contributed by atoms with E-state index in [-0.39, 0.29) is 16.6 Å². The molecule has 0 unspecified atom stereocenters. The Morgan fingerprint density at radius 2 is 2.18 bits per heavy atom. The number of thiocarbonyl (C=S) groups is 1. The van der Waals surface area contributed by atoms with Crippen LogP contribution in [0.2, 0.25) is 0 Å². The van der Waals surface area contributed by atoms with Gasteiger partial charge in [-0.3, -0.25) is 0 Å². The van der Waals surface area contributed by atoms with Gasteiger partial charge >= 0.3 is 0 Å². The van der Waals surface area contributed by atoms with Crippen LogP contribution in [0.25, 0.3) is 4.85 Å². The highest BCUT2D eigenvalue weighted by molar-refractivity contribution is 7.80. The predicted molar refractivity (Wildman–Crippen MR) is 46.2 cm³/mol. The van der Waals surface area contributed by atoms with Crippen LogP contribution in [-0.2, 0) is 4.74 Å². The molecule has 4 N–H and O–H groups in total. The van der Waals surface area contributed by atoms with E-state index < -0.39 is 0 Å². The van der Waals surface area contributed by atoms with Crippen LogP contribution in [0.3, 0.4) is 0 Å². The smallest absolute Gasteiger partial charge is 0.277 e. The molecule has 0 fully saturated rings. The third-order valence-electron chi connectivity index (χ3n) is 0.878. The Hall–Kier alpha value is -1.28. The minimum Gasteiger partial charge on any atom is -0.488 e. The summed E-state index contributed by atoms with van der Waals surface area (Å²) in [7, 11) is 0. The molecule has 0 spiro atoms. The summed E-state index contributed by atoms with van der Waals surface area (Å²) in [6.07, 6.45) is 0. The van der Waals surface area contributed by atoms with Crippen molar-refractivity contribution >= 4 is 17.2 Å². The maximum atomic E-state index is 6.64. The van der Waals surface area contributed by atoms with Crippen LogP contribution in [0, 0.1) is 6.57 Å². The van der Waals surface area contributed by atoms with Gasteiger partial charge in [-0.2, -0.15) is 0 Å². The minimum absolute atomic E-state index is 0.00463. The second-order valence-corrected chi connectivity index (χ2v) is 2.06. The lowest BCUT2D eigenvalue weighted by Crippen LogP contribution is -2.16. The van der Waals surface area contributed by atoms with E-state index in [9.17, 15) is 0 Å². The van der Waals surface area contributed by atoms with E-state index in [2.05, 4.69) is 17.1 Å². The molecule has 60 valence electrons. The highest BCUT2D eigenvalue weighted by Crippen LogP contribution is 2.02. The molecule has 0 aromatic rings. The zero-order valence-corrected chi connectivity index (χ0v) is 6.94. The first-order chi connectivity index (χ1) is 5.13. The van der Waals surface area contributed by atoms with E-state index in [1.807, 2.05) is 0 Å². The lowest BCUT2D eigenvalue weighted by molar-refractivity contribution is 0.225. The molecule has 5 heteroatoms. The number of hydrogen-bond donors (Lipinski definition) is 2. The first kappa shape index (κ1) is 9.72. The Balaban J connectivity index is 4.58. The first-order valence-electron chi connectivity index (χ1n) is 2.93. The van der Waals surface area contributed by atoms with Crippen molar-refractivity contribution < 1.29 is 4.74 Å². The maximum absolute atomic E-state index is 6.64. The van der Waals surface area contributed by atoms with Gasteiger partial charge in [0.15, 0.2) is 5.88 Å².